The van der Waals surface area contributed by atoms with Crippen LogP contribution in [0.1, 0.15) is 24.4 Å². The highest BCUT2D eigenvalue weighted by molar-refractivity contribution is 5.89. The van der Waals surface area contributed by atoms with E-state index in [0.29, 0.717) is 11.8 Å². The number of hydrogen-bond donors (Lipinski definition) is 2. The highest BCUT2D eigenvalue weighted by atomic mass is 16.3. The van der Waals surface area contributed by atoms with Crippen molar-refractivity contribution in [3.63, 3.8) is 0 Å². The molecule has 3 rings (SSSR count). The molecule has 2 nitrogen and oxygen atoms in total. The minimum absolute atomic E-state index is 0.324. The van der Waals surface area contributed by atoms with Crippen molar-refractivity contribution in [3.8, 4) is 5.75 Å². The Morgan fingerprint density at radius 2 is 2.00 bits per heavy atom. The van der Waals surface area contributed by atoms with Gasteiger partial charge in [-0.2, -0.15) is 0 Å². The molecule has 1 atom stereocenters. The Bertz CT molecular complexity index is 515. The molecule has 1 aliphatic rings. The smallest absolute Gasteiger partial charge is 0.128 e. The highest BCUT2D eigenvalue weighted by Gasteiger charge is 2.19. The monoisotopic (exact) mass is 213 g/mol. The molecule has 0 amide bonds. The molecule has 2 aromatic rings. The van der Waals surface area contributed by atoms with E-state index in [4.69, 9.17) is 0 Å². The summed E-state index contributed by atoms with van der Waals surface area (Å²) < 4.78 is 0. The average Bonchev–Trinajstić information content (AvgIpc) is 2.83. The van der Waals surface area contributed by atoms with Crippen LogP contribution in [-0.4, -0.2) is 11.7 Å². The van der Waals surface area contributed by atoms with E-state index in [9.17, 15) is 5.11 Å². The second kappa shape index (κ2) is 3.80. The lowest BCUT2D eigenvalue weighted by Gasteiger charge is -2.14. The normalized spacial score (nSPS) is 20.4. The molecule has 0 spiro atoms. The van der Waals surface area contributed by atoms with Crippen molar-refractivity contribution in [2.45, 2.75) is 18.9 Å². The molecule has 2 N–H and O–H groups in total. The quantitative estimate of drug-likeness (QED) is 0.763. The van der Waals surface area contributed by atoms with Crippen LogP contribution in [0, 0.1) is 0 Å². The van der Waals surface area contributed by atoms with Crippen molar-refractivity contribution in [1.82, 2.24) is 5.32 Å². The molecule has 2 heteroatoms. The maximum absolute atomic E-state index is 10.3. The summed E-state index contributed by atoms with van der Waals surface area (Å²) in [5, 5.41) is 15.7. The molecule has 1 saturated heterocycles. The van der Waals surface area contributed by atoms with Gasteiger partial charge in [-0.1, -0.05) is 36.4 Å². The number of rotatable bonds is 1. The van der Waals surface area contributed by atoms with E-state index < -0.39 is 0 Å². The van der Waals surface area contributed by atoms with Gasteiger partial charge in [0.1, 0.15) is 5.75 Å². The summed E-state index contributed by atoms with van der Waals surface area (Å²) in [5.41, 5.74) is 1.04. The first-order valence-electron chi connectivity index (χ1n) is 5.80. The van der Waals surface area contributed by atoms with Gasteiger partial charge in [-0.25, -0.2) is 0 Å². The van der Waals surface area contributed by atoms with Gasteiger partial charge in [0.2, 0.25) is 0 Å². The van der Waals surface area contributed by atoms with Crippen LogP contribution < -0.4 is 5.32 Å². The first kappa shape index (κ1) is 9.67. The van der Waals surface area contributed by atoms with E-state index in [2.05, 4.69) is 11.4 Å². The van der Waals surface area contributed by atoms with E-state index in [1.54, 1.807) is 0 Å². The zero-order valence-corrected chi connectivity index (χ0v) is 9.11. The van der Waals surface area contributed by atoms with Crippen LogP contribution in [0.4, 0.5) is 0 Å². The molecule has 1 aliphatic heterocycles. The van der Waals surface area contributed by atoms with Crippen LogP contribution in [0.25, 0.3) is 10.8 Å². The lowest BCUT2D eigenvalue weighted by atomic mass is 9.99. The first-order valence-corrected chi connectivity index (χ1v) is 5.80. The van der Waals surface area contributed by atoms with Crippen LogP contribution in [0.3, 0.4) is 0 Å². The Morgan fingerprint density at radius 3 is 2.81 bits per heavy atom. The lowest BCUT2D eigenvalue weighted by Crippen LogP contribution is -2.12. The Labute approximate surface area is 94.9 Å². The van der Waals surface area contributed by atoms with Crippen LogP contribution in [-0.2, 0) is 0 Å². The van der Waals surface area contributed by atoms with Gasteiger partial charge < -0.3 is 10.4 Å². The maximum Gasteiger partial charge on any atom is 0.128 e. The van der Waals surface area contributed by atoms with Crippen molar-refractivity contribution in [1.29, 1.82) is 0 Å². The Balaban J connectivity index is 2.15. The van der Waals surface area contributed by atoms with E-state index in [1.165, 1.54) is 6.42 Å². The van der Waals surface area contributed by atoms with E-state index in [0.717, 1.165) is 29.3 Å². The lowest BCUT2D eigenvalue weighted by molar-refractivity contribution is 0.463. The molecule has 1 fully saturated rings. The molecule has 0 bridgehead atoms. The van der Waals surface area contributed by atoms with Crippen molar-refractivity contribution < 1.29 is 5.11 Å². The molecule has 2 aromatic carbocycles. The number of phenolic OH excluding ortho intramolecular Hbond substituents is 1. The topological polar surface area (TPSA) is 32.3 Å². The molecular weight excluding hydrogens is 198 g/mol. The van der Waals surface area contributed by atoms with E-state index >= 15 is 0 Å². The predicted octanol–water partition coefficient (Wildman–Crippen LogP) is 2.97. The number of nitrogens with one attached hydrogen (secondary N) is 1. The van der Waals surface area contributed by atoms with E-state index in [-0.39, 0.29) is 0 Å². The first-order chi connectivity index (χ1) is 7.86. The number of aromatic hydroxyl groups is 1. The molecule has 82 valence electrons. The minimum atomic E-state index is 0.324. The summed E-state index contributed by atoms with van der Waals surface area (Å²) in [6.07, 6.45) is 2.31. The Hall–Kier alpha value is -1.54. The van der Waals surface area contributed by atoms with Gasteiger partial charge >= 0.3 is 0 Å². The zero-order chi connectivity index (χ0) is 11.0. The summed E-state index contributed by atoms with van der Waals surface area (Å²) in [4.78, 5) is 0. The maximum atomic E-state index is 10.3. The molecule has 1 unspecified atom stereocenters. The second-order valence-corrected chi connectivity index (χ2v) is 4.37. The fourth-order valence-electron chi connectivity index (χ4n) is 2.50. The zero-order valence-electron chi connectivity index (χ0n) is 9.11. The molecule has 0 radical (unpaired) electrons. The highest BCUT2D eigenvalue weighted by Crippen LogP contribution is 2.35. The molecule has 0 aliphatic carbocycles. The fraction of sp³-hybridized carbons (Fsp3) is 0.286. The van der Waals surface area contributed by atoms with Gasteiger partial charge in [0.05, 0.1) is 0 Å². The van der Waals surface area contributed by atoms with Crippen molar-refractivity contribution >= 4 is 10.8 Å². The summed E-state index contributed by atoms with van der Waals surface area (Å²) in [6.45, 7) is 1.05. The summed E-state index contributed by atoms with van der Waals surface area (Å²) in [6, 6.07) is 12.4. The van der Waals surface area contributed by atoms with Gasteiger partial charge in [0.15, 0.2) is 0 Å². The second-order valence-electron chi connectivity index (χ2n) is 4.37. The third kappa shape index (κ3) is 1.46. The van der Waals surface area contributed by atoms with Crippen molar-refractivity contribution in [2.24, 2.45) is 0 Å². The number of benzene rings is 2. The molecule has 16 heavy (non-hydrogen) atoms. The standard InChI is InChI=1S/C14H15NO/c16-14-11-5-2-1-4-10(11)7-8-12(14)13-6-3-9-15-13/h1-2,4-5,7-8,13,15-16H,3,6,9H2. The number of hydrogen-bond acceptors (Lipinski definition) is 2. The van der Waals surface area contributed by atoms with Crippen LogP contribution >= 0.6 is 0 Å². The predicted molar refractivity (Wildman–Crippen MR) is 65.6 cm³/mol. The molecule has 1 heterocycles. The SMILES string of the molecule is Oc1c(C2CCCN2)ccc2ccccc12. The van der Waals surface area contributed by atoms with Gasteiger partial charge in [-0.15, -0.1) is 0 Å². The van der Waals surface area contributed by atoms with Gasteiger partial charge in [-0.05, 0) is 24.8 Å². The minimum Gasteiger partial charge on any atom is -0.507 e. The van der Waals surface area contributed by atoms with Crippen molar-refractivity contribution in [3.05, 3.63) is 42.0 Å². The van der Waals surface area contributed by atoms with Gasteiger partial charge in [0.25, 0.3) is 0 Å². The third-order valence-electron chi connectivity index (χ3n) is 3.37. The summed E-state index contributed by atoms with van der Waals surface area (Å²) >= 11 is 0. The van der Waals surface area contributed by atoms with Crippen LogP contribution in [0.15, 0.2) is 36.4 Å². The molecular formula is C14H15NO. The largest absolute Gasteiger partial charge is 0.507 e. The molecule has 0 aromatic heterocycles. The van der Waals surface area contributed by atoms with Crippen LogP contribution in [0.5, 0.6) is 5.75 Å². The number of fused-ring (bicyclic) bond motifs is 1. The Morgan fingerprint density at radius 1 is 1.12 bits per heavy atom. The van der Waals surface area contributed by atoms with Gasteiger partial charge in [-0.3, -0.25) is 0 Å². The van der Waals surface area contributed by atoms with Crippen molar-refractivity contribution in [2.75, 3.05) is 6.54 Å². The third-order valence-corrected chi connectivity index (χ3v) is 3.37. The number of phenols is 1. The summed E-state index contributed by atoms with van der Waals surface area (Å²) in [7, 11) is 0. The van der Waals surface area contributed by atoms with Gasteiger partial charge in [0, 0.05) is 17.0 Å². The van der Waals surface area contributed by atoms with E-state index in [1.807, 2.05) is 30.3 Å². The fourth-order valence-corrected chi connectivity index (χ4v) is 2.50. The summed E-state index contributed by atoms with van der Waals surface area (Å²) in [5.74, 6) is 0.442. The Kier molecular flexibility index (Phi) is 2.29. The molecule has 0 saturated carbocycles. The average molecular weight is 213 g/mol. The van der Waals surface area contributed by atoms with Crippen LogP contribution in [0.2, 0.25) is 0 Å².